The van der Waals surface area contributed by atoms with Crippen LogP contribution in [0.3, 0.4) is 0 Å². The van der Waals surface area contributed by atoms with Crippen molar-refractivity contribution in [1.29, 1.82) is 0 Å². The number of nitrogens with zero attached hydrogens (tertiary/aromatic N) is 4. The minimum atomic E-state index is -4.45. The van der Waals surface area contributed by atoms with Gasteiger partial charge in [-0.05, 0) is 54.4 Å². The van der Waals surface area contributed by atoms with E-state index in [1.54, 1.807) is 36.5 Å². The molecule has 0 fully saturated rings. The Bertz CT molecular complexity index is 1390. The molecule has 7 nitrogen and oxygen atoms in total. The Labute approximate surface area is 205 Å². The molecule has 0 atom stereocenters. The number of halogens is 3. The first kappa shape index (κ1) is 24.8. The molecule has 0 saturated heterocycles. The first-order valence-corrected chi connectivity index (χ1v) is 11.1. The van der Waals surface area contributed by atoms with Gasteiger partial charge in [-0.2, -0.15) is 13.2 Å². The highest BCUT2D eigenvalue weighted by molar-refractivity contribution is 5.94. The number of nitrogens with one attached hydrogen (secondary N) is 1. The van der Waals surface area contributed by atoms with Crippen molar-refractivity contribution in [2.24, 2.45) is 0 Å². The minimum absolute atomic E-state index is 0.0592. The summed E-state index contributed by atoms with van der Waals surface area (Å²) in [6.45, 7) is 3.70. The molecule has 2 aromatic heterocycles. The van der Waals surface area contributed by atoms with Crippen LogP contribution in [0.15, 0.2) is 67.1 Å². The Morgan fingerprint density at radius 1 is 1.03 bits per heavy atom. The number of carbonyl (C=O) groups is 1. The number of alkyl halides is 3. The van der Waals surface area contributed by atoms with Crippen molar-refractivity contribution in [2.75, 3.05) is 0 Å². The summed E-state index contributed by atoms with van der Waals surface area (Å²) in [5.41, 5.74) is 1.17. The highest BCUT2D eigenvalue weighted by Gasteiger charge is 2.30. The third-order valence-corrected chi connectivity index (χ3v) is 5.31. The number of hydrogen-bond donors (Lipinski definition) is 1. The Kier molecular flexibility index (Phi) is 7.23. The normalized spacial score (nSPS) is 11.2. The zero-order chi connectivity index (χ0) is 25.7. The minimum Gasteiger partial charge on any atom is -0.438 e. The smallest absolute Gasteiger partial charge is 0.416 e. The Morgan fingerprint density at radius 2 is 1.86 bits per heavy atom. The van der Waals surface area contributed by atoms with E-state index in [1.165, 1.54) is 18.5 Å². The highest BCUT2D eigenvalue weighted by atomic mass is 19.4. The molecule has 0 bridgehead atoms. The maximum Gasteiger partial charge on any atom is 0.416 e. The maximum absolute atomic E-state index is 13.0. The summed E-state index contributed by atoms with van der Waals surface area (Å²) in [6.07, 6.45) is -0.810. The van der Waals surface area contributed by atoms with Crippen LogP contribution in [0.2, 0.25) is 0 Å². The molecule has 1 N–H and O–H groups in total. The number of carbonyl (C=O) groups excluding carboxylic acids is 1. The molecule has 2 aromatic carbocycles. The summed E-state index contributed by atoms with van der Waals surface area (Å²) in [5.74, 6) is 1.24. The van der Waals surface area contributed by atoms with E-state index in [0.717, 1.165) is 17.7 Å². The molecular formula is C26H22F3N5O2. The highest BCUT2D eigenvalue weighted by Crippen LogP contribution is 2.32. The van der Waals surface area contributed by atoms with Crippen molar-refractivity contribution in [3.63, 3.8) is 0 Å². The van der Waals surface area contributed by atoms with Gasteiger partial charge in [0.2, 0.25) is 5.88 Å². The van der Waals surface area contributed by atoms with Crippen molar-refractivity contribution in [2.45, 2.75) is 33.0 Å². The van der Waals surface area contributed by atoms with E-state index in [1.807, 2.05) is 13.8 Å². The van der Waals surface area contributed by atoms with Crippen molar-refractivity contribution >= 4 is 5.91 Å². The number of amides is 1. The largest absolute Gasteiger partial charge is 0.438 e. The molecule has 4 rings (SSSR count). The first-order valence-electron chi connectivity index (χ1n) is 11.1. The van der Waals surface area contributed by atoms with Crippen molar-refractivity contribution in [3.05, 3.63) is 95.2 Å². The average molecular weight is 493 g/mol. The fourth-order valence-corrected chi connectivity index (χ4v) is 3.37. The molecule has 184 valence electrons. The third kappa shape index (κ3) is 5.83. The summed E-state index contributed by atoms with van der Waals surface area (Å²) in [7, 11) is 0. The van der Waals surface area contributed by atoms with Gasteiger partial charge in [0.25, 0.3) is 5.91 Å². The van der Waals surface area contributed by atoms with Gasteiger partial charge in [-0.25, -0.2) is 19.9 Å². The monoisotopic (exact) mass is 493 g/mol. The van der Waals surface area contributed by atoms with Crippen LogP contribution in [0, 0.1) is 6.92 Å². The number of benzene rings is 2. The Hall–Kier alpha value is -4.34. The van der Waals surface area contributed by atoms with Crippen LogP contribution in [-0.4, -0.2) is 25.8 Å². The van der Waals surface area contributed by atoms with Crippen LogP contribution in [0.25, 0.3) is 11.4 Å². The molecule has 0 unspecified atom stereocenters. The van der Waals surface area contributed by atoms with Crippen molar-refractivity contribution < 1.29 is 22.7 Å². The lowest BCUT2D eigenvalue weighted by molar-refractivity contribution is -0.137. The zero-order valence-corrected chi connectivity index (χ0v) is 19.5. The Morgan fingerprint density at radius 3 is 2.64 bits per heavy atom. The standard InChI is InChI=1S/C26H22F3N5O2/c1-3-22-32-15-33-23(34-22)20-8-5-11-30-25(20)36-21-13-18(10-9-16(21)2)24(35)31-14-17-6-4-7-19(12-17)26(27,28)29/h4-13,15H,3,14H2,1-2H3,(H,31,35). The van der Waals surface area contributed by atoms with Gasteiger partial charge in [0.15, 0.2) is 5.82 Å². The van der Waals surface area contributed by atoms with Gasteiger partial charge >= 0.3 is 6.18 Å². The lowest BCUT2D eigenvalue weighted by atomic mass is 10.1. The van der Waals surface area contributed by atoms with Gasteiger partial charge in [0, 0.05) is 24.7 Å². The first-order chi connectivity index (χ1) is 17.2. The molecule has 0 aliphatic heterocycles. The lowest BCUT2D eigenvalue weighted by Crippen LogP contribution is -2.23. The molecule has 2 heterocycles. The van der Waals surface area contributed by atoms with E-state index < -0.39 is 17.6 Å². The number of aryl methyl sites for hydroxylation is 2. The second-order valence-electron chi connectivity index (χ2n) is 7.90. The molecular weight excluding hydrogens is 471 g/mol. The van der Waals surface area contributed by atoms with Gasteiger partial charge < -0.3 is 10.1 Å². The molecule has 4 aromatic rings. The van der Waals surface area contributed by atoms with E-state index in [2.05, 4.69) is 25.3 Å². The van der Waals surface area contributed by atoms with Crippen molar-refractivity contribution in [1.82, 2.24) is 25.3 Å². The van der Waals surface area contributed by atoms with Crippen LogP contribution < -0.4 is 10.1 Å². The SMILES string of the molecule is CCc1ncnc(-c2cccnc2Oc2cc(C(=O)NCc3cccc(C(F)(F)F)c3)ccc2C)n1. The molecule has 36 heavy (non-hydrogen) atoms. The number of ether oxygens (including phenoxy) is 1. The summed E-state index contributed by atoms with van der Waals surface area (Å²) < 4.78 is 44.9. The fourth-order valence-electron chi connectivity index (χ4n) is 3.37. The number of hydrogen-bond acceptors (Lipinski definition) is 6. The van der Waals surface area contributed by atoms with Gasteiger partial charge in [0.05, 0.1) is 11.1 Å². The Balaban J connectivity index is 1.53. The lowest BCUT2D eigenvalue weighted by Gasteiger charge is -2.13. The molecule has 0 radical (unpaired) electrons. The van der Waals surface area contributed by atoms with Crippen LogP contribution in [0.1, 0.15) is 39.8 Å². The summed E-state index contributed by atoms with van der Waals surface area (Å²) in [5, 5.41) is 2.65. The zero-order valence-electron chi connectivity index (χ0n) is 19.5. The average Bonchev–Trinajstić information content (AvgIpc) is 2.88. The second kappa shape index (κ2) is 10.5. The maximum atomic E-state index is 13.0. The van der Waals surface area contributed by atoms with Crippen molar-refractivity contribution in [3.8, 4) is 23.0 Å². The molecule has 10 heteroatoms. The molecule has 0 aliphatic carbocycles. The van der Waals surface area contributed by atoms with Gasteiger partial charge in [-0.15, -0.1) is 0 Å². The van der Waals surface area contributed by atoms with E-state index in [0.29, 0.717) is 34.9 Å². The van der Waals surface area contributed by atoms with Gasteiger partial charge in [-0.3, -0.25) is 4.79 Å². The van der Waals surface area contributed by atoms with E-state index in [9.17, 15) is 18.0 Å². The van der Waals surface area contributed by atoms with Gasteiger partial charge in [0.1, 0.15) is 17.9 Å². The number of rotatable bonds is 7. The topological polar surface area (TPSA) is 89.9 Å². The van der Waals surface area contributed by atoms with Crippen LogP contribution in [-0.2, 0) is 19.1 Å². The summed E-state index contributed by atoms with van der Waals surface area (Å²) in [4.78, 5) is 29.8. The predicted octanol–water partition coefficient (Wildman–Crippen LogP) is 5.55. The van der Waals surface area contributed by atoms with Crippen LogP contribution in [0.5, 0.6) is 11.6 Å². The fraction of sp³-hybridized carbons (Fsp3) is 0.192. The van der Waals surface area contributed by atoms with E-state index in [4.69, 9.17) is 4.74 Å². The quantitative estimate of drug-likeness (QED) is 0.363. The number of pyridine rings is 1. The molecule has 0 saturated carbocycles. The second-order valence-corrected chi connectivity index (χ2v) is 7.90. The summed E-state index contributed by atoms with van der Waals surface area (Å²) >= 11 is 0. The van der Waals surface area contributed by atoms with Gasteiger partial charge in [-0.1, -0.05) is 25.1 Å². The predicted molar refractivity (Wildman–Crippen MR) is 126 cm³/mol. The van der Waals surface area contributed by atoms with Crippen LogP contribution >= 0.6 is 0 Å². The number of aromatic nitrogens is 4. The molecule has 0 aliphatic rings. The third-order valence-electron chi connectivity index (χ3n) is 5.31. The summed E-state index contributed by atoms with van der Waals surface area (Å²) in [6, 6.07) is 13.2. The van der Waals surface area contributed by atoms with Crippen LogP contribution in [0.4, 0.5) is 13.2 Å². The molecule has 1 amide bonds. The van der Waals surface area contributed by atoms with E-state index in [-0.39, 0.29) is 18.0 Å². The van der Waals surface area contributed by atoms with E-state index >= 15 is 0 Å². The molecule has 0 spiro atoms.